The SMILES string of the molecule is N#CC12Cc3cc4c(cc3C1)CC(C#N)(C4)c1ccc(cc1)-c1cccc(c1)C#CC#Cc1cccc(c1)-c1ccc(cc1)C1(C#N)Cc3cc4c(cc3C1)CC(C#N)(C4)c1ccc(cc1)-c1cccc(c1)C#CC#Cc1cccc(c1)-c1ccc2cc1. The van der Waals surface area contributed by atoms with Gasteiger partial charge in [0.2, 0.25) is 0 Å². The maximum absolute atomic E-state index is 10.9. The van der Waals surface area contributed by atoms with E-state index in [0.717, 1.165) is 89.0 Å². The average Bonchev–Trinajstić information content (AvgIpc) is 4.55. The lowest BCUT2D eigenvalue weighted by molar-refractivity contribution is 0.580. The minimum Gasteiger partial charge on any atom is -0.197 e. The van der Waals surface area contributed by atoms with Crippen LogP contribution < -0.4 is 0 Å². The normalized spacial score (nSPS) is 20.0. The molecule has 0 saturated heterocycles. The molecule has 0 heterocycles. The molecule has 0 N–H and O–H groups in total. The Hall–Kier alpha value is -11.6. The van der Waals surface area contributed by atoms with Gasteiger partial charge in [-0.25, -0.2) is 0 Å². The van der Waals surface area contributed by atoms with Crippen LogP contribution in [-0.2, 0) is 73.0 Å². The van der Waals surface area contributed by atoms with Crippen LogP contribution in [-0.4, -0.2) is 0 Å². The van der Waals surface area contributed by atoms with Crippen molar-refractivity contribution in [3.8, 4) is 116 Å². The van der Waals surface area contributed by atoms with Gasteiger partial charge in [0.1, 0.15) is 0 Å². The predicted octanol–water partition coefficient (Wildman–Crippen LogP) is 15.7. The Morgan fingerprint density at radius 1 is 0.227 bits per heavy atom. The number of hydrogen-bond acceptors (Lipinski definition) is 4. The van der Waals surface area contributed by atoms with E-state index in [2.05, 4.69) is 241 Å². The minimum absolute atomic E-state index is 0.621. The molecule has 0 saturated carbocycles. The lowest BCUT2D eigenvalue weighted by Crippen LogP contribution is -2.25. The van der Waals surface area contributed by atoms with Crippen molar-refractivity contribution in [1.82, 2.24) is 0 Å². The number of nitrogens with zero attached hydrogens (tertiary/aromatic N) is 4. The van der Waals surface area contributed by atoms with Gasteiger partial charge in [-0.3, -0.25) is 0 Å². The van der Waals surface area contributed by atoms with Gasteiger partial charge < -0.3 is 0 Å². The first-order chi connectivity index (χ1) is 43.1. The van der Waals surface area contributed by atoms with Crippen LogP contribution in [0.3, 0.4) is 0 Å². The second-order valence-corrected chi connectivity index (χ2v) is 24.6. The van der Waals surface area contributed by atoms with E-state index in [9.17, 15) is 21.0 Å². The highest BCUT2D eigenvalue weighted by molar-refractivity contribution is 5.72. The molecule has 0 amide bonds. The molecule has 20 aliphatic carbocycles. The zero-order chi connectivity index (χ0) is 59.5. The third kappa shape index (κ3) is 9.41. The van der Waals surface area contributed by atoms with E-state index < -0.39 is 21.7 Å². The molecule has 408 valence electrons. The first-order valence-corrected chi connectivity index (χ1v) is 29.9. The van der Waals surface area contributed by atoms with Crippen LogP contribution in [0.4, 0.5) is 0 Å². The van der Waals surface area contributed by atoms with Crippen LogP contribution in [0.25, 0.3) is 44.5 Å². The van der Waals surface area contributed by atoms with Gasteiger partial charge in [0, 0.05) is 22.3 Å². The maximum atomic E-state index is 10.9. The van der Waals surface area contributed by atoms with Gasteiger partial charge in [0.05, 0.1) is 45.9 Å². The maximum Gasteiger partial charge on any atom is 0.0902 e. The molecule has 10 aromatic carbocycles. The Morgan fingerprint density at radius 3 is 0.602 bits per heavy atom. The summed E-state index contributed by atoms with van der Waals surface area (Å²) in [6.07, 6.45) is 4.97. The highest BCUT2D eigenvalue weighted by Crippen LogP contribution is 2.48. The second-order valence-electron chi connectivity index (χ2n) is 24.6. The molecule has 0 unspecified atom stereocenters. The topological polar surface area (TPSA) is 95.2 Å². The highest BCUT2D eigenvalue weighted by atomic mass is 14.5. The molecule has 0 fully saturated rings. The molecule has 20 aliphatic rings. The third-order valence-electron chi connectivity index (χ3n) is 19.3. The standard InChI is InChI=1S/C84H52N4/c85-53-81-45-69-41-73-49-83(55-87,50-74(73)42-70(69)46-81)79-33-25-63(26-34-79)67-19-7-15-59(39-67)11-3-4-12-60-16-8-20-68(40-60)64-27-35-80(36-28-64)84(56-88)51-75-43-71-47-82(54-86,48-72(71)44-76(75)52-84)78-31-23-62(24-32-78)66-18-6-14-58(38-66)10-2-1-9-57-13-5-17-65(37-57)61-21-29-77(81)30-22-61/h5-8,13-44H,45-52H2. The summed E-state index contributed by atoms with van der Waals surface area (Å²) in [4.78, 5) is 0. The van der Waals surface area contributed by atoms with E-state index in [-0.39, 0.29) is 0 Å². The van der Waals surface area contributed by atoms with Gasteiger partial charge in [-0.15, -0.1) is 0 Å². The molecular formula is C84H52N4. The summed E-state index contributed by atoms with van der Waals surface area (Å²) in [6, 6.07) is 86.5. The van der Waals surface area contributed by atoms with Crippen molar-refractivity contribution in [2.75, 3.05) is 0 Å². The fourth-order valence-corrected chi connectivity index (χ4v) is 14.6. The molecule has 30 rings (SSSR count). The Balaban J connectivity index is 0.726. The van der Waals surface area contributed by atoms with E-state index in [1.165, 1.54) is 44.5 Å². The van der Waals surface area contributed by atoms with E-state index in [0.29, 0.717) is 51.4 Å². The van der Waals surface area contributed by atoms with Gasteiger partial charge >= 0.3 is 0 Å². The van der Waals surface area contributed by atoms with E-state index in [1.54, 1.807) is 0 Å². The molecule has 28 bridgehead atoms. The van der Waals surface area contributed by atoms with Crippen LogP contribution in [0.2, 0.25) is 0 Å². The summed E-state index contributed by atoms with van der Waals surface area (Å²) in [5.74, 6) is 25.3. The van der Waals surface area contributed by atoms with Crippen molar-refractivity contribution in [3.63, 3.8) is 0 Å². The smallest absolute Gasteiger partial charge is 0.0902 e. The quantitative estimate of drug-likeness (QED) is 0.141. The zero-order valence-electron chi connectivity index (χ0n) is 48.2. The first-order valence-electron chi connectivity index (χ1n) is 29.9. The van der Waals surface area contributed by atoms with Crippen LogP contribution in [0.5, 0.6) is 0 Å². The van der Waals surface area contributed by atoms with Crippen LogP contribution >= 0.6 is 0 Å². The molecule has 10 aromatic rings. The molecule has 88 heavy (non-hydrogen) atoms. The summed E-state index contributed by atoms with van der Waals surface area (Å²) < 4.78 is 0. The lowest BCUT2D eigenvalue weighted by Gasteiger charge is -2.22. The van der Waals surface area contributed by atoms with Crippen LogP contribution in [0.1, 0.15) is 89.0 Å². The largest absolute Gasteiger partial charge is 0.197 e. The number of rotatable bonds is 0. The molecule has 0 aliphatic heterocycles. The van der Waals surface area contributed by atoms with Gasteiger partial charge in [-0.05, 0) is 235 Å². The molecule has 0 spiro atoms. The van der Waals surface area contributed by atoms with Crippen molar-refractivity contribution in [3.05, 3.63) is 307 Å². The first kappa shape index (κ1) is 53.1. The van der Waals surface area contributed by atoms with Crippen molar-refractivity contribution >= 4 is 0 Å². The molecular weight excluding hydrogens is 1060 g/mol. The van der Waals surface area contributed by atoms with E-state index >= 15 is 0 Å². The summed E-state index contributed by atoms with van der Waals surface area (Å²) in [6.45, 7) is 0. The zero-order valence-corrected chi connectivity index (χ0v) is 48.2. The Labute approximate surface area is 514 Å². The molecule has 0 aromatic heterocycles. The Morgan fingerprint density at radius 2 is 0.420 bits per heavy atom. The number of benzene rings is 10. The predicted molar refractivity (Wildman–Crippen MR) is 347 cm³/mol. The van der Waals surface area contributed by atoms with Crippen molar-refractivity contribution in [1.29, 1.82) is 21.0 Å². The molecule has 0 radical (unpaired) electrons. The minimum atomic E-state index is -0.683. The van der Waals surface area contributed by atoms with Crippen molar-refractivity contribution in [2.45, 2.75) is 73.0 Å². The fraction of sp³-hybridized carbons (Fsp3) is 0.143. The van der Waals surface area contributed by atoms with Crippen molar-refractivity contribution < 1.29 is 0 Å². The van der Waals surface area contributed by atoms with Crippen LogP contribution in [0, 0.1) is 92.7 Å². The third-order valence-corrected chi connectivity index (χ3v) is 19.3. The van der Waals surface area contributed by atoms with Gasteiger partial charge in [-0.1, -0.05) is 194 Å². The summed E-state index contributed by atoms with van der Waals surface area (Å²) >= 11 is 0. The average molecular weight is 1120 g/mol. The van der Waals surface area contributed by atoms with E-state index in [4.69, 9.17) is 0 Å². The summed E-state index contributed by atoms with van der Waals surface area (Å²) in [7, 11) is 0. The van der Waals surface area contributed by atoms with Crippen molar-refractivity contribution in [2.24, 2.45) is 0 Å². The fourth-order valence-electron chi connectivity index (χ4n) is 14.6. The molecule has 4 heteroatoms. The Bertz CT molecular complexity index is 4330. The van der Waals surface area contributed by atoms with Gasteiger partial charge in [-0.2, -0.15) is 21.0 Å². The Kier molecular flexibility index (Phi) is 12.8. The second kappa shape index (κ2) is 21.2. The van der Waals surface area contributed by atoms with Gasteiger partial charge in [0.25, 0.3) is 0 Å². The summed E-state index contributed by atoms with van der Waals surface area (Å²) in [5, 5.41) is 43.6. The van der Waals surface area contributed by atoms with Gasteiger partial charge in [0.15, 0.2) is 0 Å². The molecule has 0 atom stereocenters. The monoisotopic (exact) mass is 1120 g/mol. The molecule has 4 nitrogen and oxygen atoms in total. The number of nitriles is 4. The number of hydrogen-bond donors (Lipinski definition) is 0. The van der Waals surface area contributed by atoms with Crippen LogP contribution in [0.15, 0.2) is 218 Å². The summed E-state index contributed by atoms with van der Waals surface area (Å²) in [5.41, 5.74) is 22.5. The lowest BCUT2D eigenvalue weighted by atomic mass is 9.78. The highest BCUT2D eigenvalue weighted by Gasteiger charge is 2.46. The van der Waals surface area contributed by atoms with E-state index in [1.807, 2.05) is 48.5 Å².